The fraction of sp³-hybridized carbons (Fsp3) is 0.150. The first-order valence-electron chi connectivity index (χ1n) is 8.34. The minimum absolute atomic E-state index is 0.470. The summed E-state index contributed by atoms with van der Waals surface area (Å²) < 4.78 is 1.85. The van der Waals surface area contributed by atoms with Crippen LogP contribution < -0.4 is 0 Å². The van der Waals surface area contributed by atoms with Crippen molar-refractivity contribution in [3.8, 4) is 5.69 Å². The second kappa shape index (κ2) is 8.14. The molecule has 0 saturated carbocycles. The van der Waals surface area contributed by atoms with Gasteiger partial charge in [-0.2, -0.15) is 0 Å². The van der Waals surface area contributed by atoms with E-state index in [-0.39, 0.29) is 0 Å². The molecule has 8 heteroatoms. The van der Waals surface area contributed by atoms with Crippen LogP contribution in [0.1, 0.15) is 35.8 Å². The lowest BCUT2D eigenvalue weighted by Gasteiger charge is -2.12. The Kier molecular flexibility index (Phi) is 5.84. The summed E-state index contributed by atoms with van der Waals surface area (Å²) in [6.07, 6.45) is 0.784. The van der Waals surface area contributed by atoms with E-state index in [1.165, 1.54) is 0 Å². The first kappa shape index (κ1) is 20.1. The molecular formula is C20H17Cl2N3O3. The van der Waals surface area contributed by atoms with Gasteiger partial charge in [0.15, 0.2) is 5.82 Å². The molecule has 1 aromatic heterocycles. The summed E-state index contributed by atoms with van der Waals surface area (Å²) in [7, 11) is 0. The second-order valence-corrected chi connectivity index (χ2v) is 6.97. The van der Waals surface area contributed by atoms with Crippen molar-refractivity contribution in [2.24, 2.45) is 4.99 Å². The van der Waals surface area contributed by atoms with Crippen molar-refractivity contribution in [1.82, 2.24) is 9.55 Å². The van der Waals surface area contributed by atoms with Gasteiger partial charge in [-0.1, -0.05) is 41.4 Å². The van der Waals surface area contributed by atoms with E-state index in [0.717, 1.165) is 29.4 Å². The highest BCUT2D eigenvalue weighted by Gasteiger charge is 2.26. The predicted molar refractivity (Wildman–Crippen MR) is 109 cm³/mol. The van der Waals surface area contributed by atoms with Crippen molar-refractivity contribution < 1.29 is 15.0 Å². The monoisotopic (exact) mass is 417 g/mol. The maximum absolute atomic E-state index is 10.6. The number of carbonyl (C=O) groups is 1. The summed E-state index contributed by atoms with van der Waals surface area (Å²) in [6, 6.07) is 12.9. The molecule has 3 aromatic rings. The van der Waals surface area contributed by atoms with Gasteiger partial charge in [-0.05, 0) is 31.2 Å². The Morgan fingerprint density at radius 2 is 1.82 bits per heavy atom. The first-order chi connectivity index (χ1) is 13.3. The van der Waals surface area contributed by atoms with Gasteiger partial charge in [0.1, 0.15) is 0 Å². The minimum Gasteiger partial charge on any atom is -0.481 e. The Bertz CT molecular complexity index is 1070. The number of aliphatic carboxylic acids is 1. The van der Waals surface area contributed by atoms with Gasteiger partial charge in [-0.3, -0.25) is 9.36 Å². The Morgan fingerprint density at radius 1 is 1.14 bits per heavy atom. The zero-order chi connectivity index (χ0) is 20.4. The second-order valence-electron chi connectivity index (χ2n) is 6.12. The Balaban J connectivity index is 0.000000516. The topological polar surface area (TPSA) is 87.7 Å². The Labute approximate surface area is 171 Å². The Hall–Kier alpha value is -2.67. The maximum Gasteiger partial charge on any atom is 0.300 e. The highest BCUT2D eigenvalue weighted by molar-refractivity contribution is 6.36. The number of hydrogen-bond donors (Lipinski definition) is 2. The smallest absolute Gasteiger partial charge is 0.300 e. The van der Waals surface area contributed by atoms with Crippen LogP contribution in [-0.4, -0.2) is 31.4 Å². The lowest BCUT2D eigenvalue weighted by atomic mass is 10.0. The molecule has 1 aliphatic rings. The summed E-state index contributed by atoms with van der Waals surface area (Å²) in [5.41, 5.74) is 3.79. The lowest BCUT2D eigenvalue weighted by Crippen LogP contribution is -2.07. The molecule has 1 atom stereocenters. The molecule has 6 nitrogen and oxygen atoms in total. The van der Waals surface area contributed by atoms with Gasteiger partial charge >= 0.3 is 0 Å². The number of aliphatic hydroxyl groups excluding tert-OH is 1. The zero-order valence-corrected chi connectivity index (χ0v) is 16.6. The molecule has 4 rings (SSSR count). The molecule has 0 bridgehead atoms. The molecule has 144 valence electrons. The van der Waals surface area contributed by atoms with Crippen molar-refractivity contribution in [1.29, 1.82) is 0 Å². The maximum atomic E-state index is 10.6. The predicted octanol–water partition coefficient (Wildman–Crippen LogP) is 4.42. The van der Waals surface area contributed by atoms with E-state index < -0.39 is 12.2 Å². The van der Waals surface area contributed by atoms with Crippen LogP contribution in [0, 0.1) is 6.92 Å². The third-order valence-electron chi connectivity index (χ3n) is 3.94. The molecule has 2 aromatic carbocycles. The van der Waals surface area contributed by atoms with Crippen molar-refractivity contribution in [2.75, 3.05) is 0 Å². The molecule has 0 saturated heterocycles. The summed E-state index contributed by atoms with van der Waals surface area (Å²) in [6.45, 7) is 2.96. The molecule has 2 heterocycles. The van der Waals surface area contributed by atoms with E-state index in [4.69, 9.17) is 33.1 Å². The van der Waals surface area contributed by atoms with Crippen molar-refractivity contribution in [2.45, 2.75) is 20.1 Å². The molecular weight excluding hydrogens is 401 g/mol. The summed E-state index contributed by atoms with van der Waals surface area (Å²) in [5, 5.41) is 19.1. The molecule has 28 heavy (non-hydrogen) atoms. The SMILES string of the molecule is CC(=O)O.Cc1cn2c(n1)C(O)N=C(c1ccccc1Cl)c1cc(Cl)ccc1-2. The van der Waals surface area contributed by atoms with Gasteiger partial charge in [0, 0.05) is 34.3 Å². The number of nitrogens with zero attached hydrogens (tertiary/aromatic N) is 3. The molecule has 0 aliphatic carbocycles. The molecule has 1 unspecified atom stereocenters. The van der Waals surface area contributed by atoms with E-state index in [1.54, 1.807) is 12.1 Å². The summed E-state index contributed by atoms with van der Waals surface area (Å²) in [5.74, 6) is -0.363. The van der Waals surface area contributed by atoms with Gasteiger partial charge in [-0.15, -0.1) is 0 Å². The number of benzene rings is 2. The van der Waals surface area contributed by atoms with E-state index in [0.29, 0.717) is 21.6 Å². The number of carboxylic acid groups (broad SMARTS) is 1. The van der Waals surface area contributed by atoms with Crippen LogP contribution in [0.15, 0.2) is 53.7 Å². The van der Waals surface area contributed by atoms with E-state index in [1.807, 2.05) is 48.0 Å². The summed E-state index contributed by atoms with van der Waals surface area (Å²) in [4.78, 5) is 17.9. The number of rotatable bonds is 1. The average molecular weight is 418 g/mol. The number of aliphatic imine (C=N–C) groups is 1. The van der Waals surface area contributed by atoms with Crippen molar-refractivity contribution >= 4 is 34.9 Å². The van der Waals surface area contributed by atoms with E-state index in [9.17, 15) is 5.11 Å². The zero-order valence-electron chi connectivity index (χ0n) is 15.1. The van der Waals surface area contributed by atoms with E-state index in [2.05, 4.69) is 9.98 Å². The van der Waals surface area contributed by atoms with Gasteiger partial charge < -0.3 is 10.2 Å². The van der Waals surface area contributed by atoms with Crippen LogP contribution in [0.5, 0.6) is 0 Å². The minimum atomic E-state index is -1.09. The molecule has 0 spiro atoms. The molecule has 0 radical (unpaired) electrons. The highest BCUT2D eigenvalue weighted by Crippen LogP contribution is 2.32. The third kappa shape index (κ3) is 4.09. The Morgan fingerprint density at radius 3 is 2.50 bits per heavy atom. The fourth-order valence-electron chi connectivity index (χ4n) is 2.92. The first-order valence-corrected chi connectivity index (χ1v) is 9.10. The molecule has 0 fully saturated rings. The normalized spacial score (nSPS) is 14.8. The number of fused-ring (bicyclic) bond motifs is 3. The fourth-order valence-corrected chi connectivity index (χ4v) is 3.31. The number of aromatic nitrogens is 2. The van der Waals surface area contributed by atoms with Gasteiger partial charge in [0.05, 0.1) is 17.1 Å². The van der Waals surface area contributed by atoms with Crippen molar-refractivity contribution in [3.05, 3.63) is 81.4 Å². The summed E-state index contributed by atoms with van der Waals surface area (Å²) >= 11 is 12.6. The molecule has 1 aliphatic heterocycles. The van der Waals surface area contributed by atoms with Gasteiger partial charge in [0.25, 0.3) is 5.97 Å². The third-order valence-corrected chi connectivity index (χ3v) is 4.50. The molecule has 2 N–H and O–H groups in total. The van der Waals surface area contributed by atoms with Crippen LogP contribution in [0.4, 0.5) is 0 Å². The highest BCUT2D eigenvalue weighted by atomic mass is 35.5. The van der Waals surface area contributed by atoms with Crippen LogP contribution in [-0.2, 0) is 4.79 Å². The number of aryl methyl sites for hydroxylation is 1. The lowest BCUT2D eigenvalue weighted by molar-refractivity contribution is -0.134. The number of carboxylic acids is 1. The largest absolute Gasteiger partial charge is 0.481 e. The molecule has 0 amide bonds. The average Bonchev–Trinajstić information content (AvgIpc) is 2.97. The van der Waals surface area contributed by atoms with Crippen LogP contribution in [0.25, 0.3) is 5.69 Å². The van der Waals surface area contributed by atoms with Crippen LogP contribution in [0.3, 0.4) is 0 Å². The quantitative estimate of drug-likeness (QED) is 0.613. The number of imidazole rings is 1. The number of aliphatic hydroxyl groups is 1. The van der Waals surface area contributed by atoms with Crippen LogP contribution in [0.2, 0.25) is 10.0 Å². The van der Waals surface area contributed by atoms with Gasteiger partial charge in [-0.25, -0.2) is 9.98 Å². The number of hydrogen-bond acceptors (Lipinski definition) is 4. The van der Waals surface area contributed by atoms with Crippen LogP contribution >= 0.6 is 23.2 Å². The van der Waals surface area contributed by atoms with E-state index >= 15 is 0 Å². The standard InChI is InChI=1S/C18H13Cl2N3O.C2H4O2/c1-10-9-23-15-7-6-11(19)8-13(15)16(22-18(24)17(23)21-10)12-4-2-3-5-14(12)20;1-2(3)4/h2-9,18,24H,1H3;1H3,(H,3,4). The van der Waals surface area contributed by atoms with Crippen molar-refractivity contribution in [3.63, 3.8) is 0 Å². The number of halogens is 2. The van der Waals surface area contributed by atoms with Gasteiger partial charge in [0.2, 0.25) is 6.23 Å².